The van der Waals surface area contributed by atoms with Crippen LogP contribution in [0.3, 0.4) is 0 Å². The predicted octanol–water partition coefficient (Wildman–Crippen LogP) is 1.21. The maximum atomic E-state index is 10.7. The third-order valence-corrected chi connectivity index (χ3v) is 2.19. The average molecular weight is 183 g/mol. The van der Waals surface area contributed by atoms with Crippen LogP contribution in [0.2, 0.25) is 0 Å². The van der Waals surface area contributed by atoms with Gasteiger partial charge in [-0.05, 0) is 24.5 Å². The van der Waals surface area contributed by atoms with Crippen molar-refractivity contribution in [3.8, 4) is 5.75 Å². The minimum atomic E-state index is -0.608. The minimum Gasteiger partial charge on any atom is -0.507 e. The van der Waals surface area contributed by atoms with Crippen molar-refractivity contribution in [3.63, 3.8) is 0 Å². The molecule has 0 radical (unpaired) electrons. The van der Waals surface area contributed by atoms with Crippen LogP contribution in [0.15, 0.2) is 23.1 Å². The summed E-state index contributed by atoms with van der Waals surface area (Å²) in [6.45, 7) is 0. The summed E-state index contributed by atoms with van der Waals surface area (Å²) in [5.41, 5.74) is 5.20. The molecule has 1 amide bonds. The fourth-order valence-electron chi connectivity index (χ4n) is 0.839. The molecule has 1 rings (SSSR count). The molecule has 3 nitrogen and oxygen atoms in total. The Kier molecular flexibility index (Phi) is 2.60. The first-order valence-corrected chi connectivity index (χ1v) is 4.54. The van der Waals surface area contributed by atoms with Crippen LogP contribution in [0.25, 0.3) is 0 Å². The van der Waals surface area contributed by atoms with Crippen LogP contribution in [0.5, 0.6) is 5.75 Å². The van der Waals surface area contributed by atoms with Gasteiger partial charge in [-0.1, -0.05) is 0 Å². The Labute approximate surface area is 74.6 Å². The quantitative estimate of drug-likeness (QED) is 0.677. The molecule has 1 aromatic carbocycles. The standard InChI is InChI=1S/C8H9NO2S/c1-12-5-2-3-7(10)6(4-5)8(9)11/h2-4,10H,1H3,(H2,9,11). The lowest BCUT2D eigenvalue weighted by Crippen LogP contribution is -2.10. The molecule has 4 heteroatoms. The summed E-state index contributed by atoms with van der Waals surface area (Å²) < 4.78 is 0. The van der Waals surface area contributed by atoms with Crippen molar-refractivity contribution >= 4 is 17.7 Å². The van der Waals surface area contributed by atoms with Gasteiger partial charge in [-0.25, -0.2) is 0 Å². The Morgan fingerprint density at radius 2 is 2.25 bits per heavy atom. The normalized spacial score (nSPS) is 9.75. The number of hydrogen-bond acceptors (Lipinski definition) is 3. The van der Waals surface area contributed by atoms with E-state index >= 15 is 0 Å². The highest BCUT2D eigenvalue weighted by atomic mass is 32.2. The van der Waals surface area contributed by atoms with Gasteiger partial charge < -0.3 is 10.8 Å². The predicted molar refractivity (Wildman–Crippen MR) is 48.4 cm³/mol. The molecule has 0 bridgehead atoms. The monoisotopic (exact) mass is 183 g/mol. The lowest BCUT2D eigenvalue weighted by atomic mass is 10.2. The first kappa shape index (κ1) is 8.93. The van der Waals surface area contributed by atoms with E-state index in [4.69, 9.17) is 5.73 Å². The number of carbonyl (C=O) groups excluding carboxylic acids is 1. The first-order chi connectivity index (χ1) is 5.65. The van der Waals surface area contributed by atoms with Crippen molar-refractivity contribution in [2.45, 2.75) is 4.90 Å². The van der Waals surface area contributed by atoms with Crippen LogP contribution in [-0.2, 0) is 0 Å². The molecule has 64 valence electrons. The van der Waals surface area contributed by atoms with E-state index in [1.165, 1.54) is 17.8 Å². The van der Waals surface area contributed by atoms with Gasteiger partial charge in [0.1, 0.15) is 5.75 Å². The van der Waals surface area contributed by atoms with E-state index in [9.17, 15) is 9.90 Å². The molecule has 12 heavy (non-hydrogen) atoms. The Morgan fingerprint density at radius 1 is 1.58 bits per heavy atom. The van der Waals surface area contributed by atoms with E-state index in [1.807, 2.05) is 6.26 Å². The number of amides is 1. The second kappa shape index (κ2) is 3.49. The Bertz CT molecular complexity index is 312. The fourth-order valence-corrected chi connectivity index (χ4v) is 1.28. The lowest BCUT2D eigenvalue weighted by molar-refractivity contribution is 0.0997. The highest BCUT2D eigenvalue weighted by molar-refractivity contribution is 7.98. The van der Waals surface area contributed by atoms with Gasteiger partial charge in [-0.3, -0.25) is 4.79 Å². The summed E-state index contributed by atoms with van der Waals surface area (Å²) in [6.07, 6.45) is 1.89. The molecule has 1 aromatic rings. The summed E-state index contributed by atoms with van der Waals surface area (Å²) >= 11 is 1.49. The highest BCUT2D eigenvalue weighted by Gasteiger charge is 2.07. The smallest absolute Gasteiger partial charge is 0.252 e. The molecule has 0 fully saturated rings. The van der Waals surface area contributed by atoms with Gasteiger partial charge in [0.25, 0.3) is 5.91 Å². The molecule has 0 aliphatic rings. The van der Waals surface area contributed by atoms with E-state index in [0.29, 0.717) is 0 Å². The summed E-state index contributed by atoms with van der Waals surface area (Å²) in [4.78, 5) is 11.6. The first-order valence-electron chi connectivity index (χ1n) is 3.32. The van der Waals surface area contributed by atoms with Gasteiger partial charge in [0, 0.05) is 4.90 Å². The van der Waals surface area contributed by atoms with Gasteiger partial charge >= 0.3 is 0 Å². The molecule has 0 unspecified atom stereocenters. The summed E-state index contributed by atoms with van der Waals surface area (Å²) in [7, 11) is 0. The largest absolute Gasteiger partial charge is 0.507 e. The van der Waals surface area contributed by atoms with Crippen LogP contribution in [-0.4, -0.2) is 17.3 Å². The van der Waals surface area contributed by atoms with Gasteiger partial charge in [-0.15, -0.1) is 11.8 Å². The van der Waals surface area contributed by atoms with Crippen molar-refractivity contribution in [1.29, 1.82) is 0 Å². The second-order valence-electron chi connectivity index (χ2n) is 2.25. The van der Waals surface area contributed by atoms with Crippen LogP contribution >= 0.6 is 11.8 Å². The molecule has 0 atom stereocenters. The zero-order valence-corrected chi connectivity index (χ0v) is 7.39. The van der Waals surface area contributed by atoms with E-state index in [2.05, 4.69) is 0 Å². The Morgan fingerprint density at radius 3 is 2.75 bits per heavy atom. The van der Waals surface area contributed by atoms with Gasteiger partial charge in [-0.2, -0.15) is 0 Å². The SMILES string of the molecule is CSc1ccc(O)c(C(N)=O)c1. The number of thioether (sulfide) groups is 1. The van der Waals surface area contributed by atoms with Crippen LogP contribution in [0.4, 0.5) is 0 Å². The number of primary amides is 1. The Hall–Kier alpha value is -1.16. The molecule has 0 aliphatic carbocycles. The minimum absolute atomic E-state index is 0.0692. The summed E-state index contributed by atoms with van der Waals surface area (Å²) in [5, 5.41) is 9.19. The summed E-state index contributed by atoms with van der Waals surface area (Å²) in [6, 6.07) is 4.76. The average Bonchev–Trinajstić information content (AvgIpc) is 2.05. The van der Waals surface area contributed by atoms with Gasteiger partial charge in [0.05, 0.1) is 5.56 Å². The molecule has 0 saturated heterocycles. The third-order valence-electron chi connectivity index (χ3n) is 1.47. The van der Waals surface area contributed by atoms with E-state index in [1.54, 1.807) is 12.1 Å². The molecular weight excluding hydrogens is 174 g/mol. The van der Waals surface area contributed by atoms with E-state index in [0.717, 1.165) is 4.90 Å². The fraction of sp³-hybridized carbons (Fsp3) is 0.125. The Balaban J connectivity index is 3.17. The van der Waals surface area contributed by atoms with Crippen LogP contribution < -0.4 is 5.73 Å². The van der Waals surface area contributed by atoms with Crippen LogP contribution in [0, 0.1) is 0 Å². The van der Waals surface area contributed by atoms with Crippen LogP contribution in [0.1, 0.15) is 10.4 Å². The molecule has 0 aromatic heterocycles. The molecule has 0 heterocycles. The van der Waals surface area contributed by atoms with Gasteiger partial charge in [0.2, 0.25) is 0 Å². The van der Waals surface area contributed by atoms with E-state index < -0.39 is 5.91 Å². The summed E-state index contributed by atoms with van der Waals surface area (Å²) in [5.74, 6) is -0.677. The number of benzene rings is 1. The molecule has 0 spiro atoms. The maximum absolute atomic E-state index is 10.7. The van der Waals surface area contributed by atoms with Crippen molar-refractivity contribution in [2.24, 2.45) is 5.73 Å². The molecule has 0 aliphatic heterocycles. The molecule has 3 N–H and O–H groups in total. The lowest BCUT2D eigenvalue weighted by Gasteiger charge is -2.01. The molecular formula is C8H9NO2S. The van der Waals surface area contributed by atoms with Crippen molar-refractivity contribution in [1.82, 2.24) is 0 Å². The maximum Gasteiger partial charge on any atom is 0.252 e. The zero-order valence-electron chi connectivity index (χ0n) is 6.57. The topological polar surface area (TPSA) is 63.3 Å². The highest BCUT2D eigenvalue weighted by Crippen LogP contribution is 2.22. The van der Waals surface area contributed by atoms with Crippen molar-refractivity contribution in [2.75, 3.05) is 6.26 Å². The zero-order chi connectivity index (χ0) is 9.14. The number of aromatic hydroxyl groups is 1. The van der Waals surface area contributed by atoms with Gasteiger partial charge in [0.15, 0.2) is 0 Å². The van der Waals surface area contributed by atoms with Crippen molar-refractivity contribution in [3.05, 3.63) is 23.8 Å². The number of rotatable bonds is 2. The number of hydrogen-bond donors (Lipinski definition) is 2. The van der Waals surface area contributed by atoms with E-state index in [-0.39, 0.29) is 11.3 Å². The third kappa shape index (κ3) is 1.71. The molecule has 0 saturated carbocycles. The number of carbonyl (C=O) groups is 1. The number of phenols is 1. The van der Waals surface area contributed by atoms with Crippen molar-refractivity contribution < 1.29 is 9.90 Å². The number of nitrogens with two attached hydrogens (primary N) is 1. The second-order valence-corrected chi connectivity index (χ2v) is 3.13.